The number of aliphatic hydroxyl groups is 1. The van der Waals surface area contributed by atoms with E-state index in [-0.39, 0.29) is 12.1 Å². The predicted molar refractivity (Wildman–Crippen MR) is 84.3 cm³/mol. The first-order valence-electron chi connectivity index (χ1n) is 7.50. The lowest BCUT2D eigenvalue weighted by molar-refractivity contribution is 0.251. The summed E-state index contributed by atoms with van der Waals surface area (Å²) in [6, 6.07) is 0. The van der Waals surface area contributed by atoms with Gasteiger partial charge in [0, 0.05) is 30.7 Å². The Bertz CT molecular complexity index is 436. The highest BCUT2D eigenvalue weighted by Gasteiger charge is 2.23. The third kappa shape index (κ3) is 4.07. The molecule has 0 saturated heterocycles. The van der Waals surface area contributed by atoms with E-state index < -0.39 is 0 Å². The van der Waals surface area contributed by atoms with E-state index in [1.165, 1.54) is 0 Å². The maximum absolute atomic E-state index is 9.23. The second-order valence-corrected chi connectivity index (χ2v) is 5.36. The summed E-state index contributed by atoms with van der Waals surface area (Å²) < 4.78 is 0. The fraction of sp³-hybridized carbons (Fsp3) is 0.733. The molecule has 1 heterocycles. The number of nitrogens with one attached hydrogen (secondary N) is 2. The largest absolute Gasteiger partial charge is 0.396 e. The molecule has 5 heteroatoms. The molecule has 5 nitrogen and oxygen atoms in total. The summed E-state index contributed by atoms with van der Waals surface area (Å²) in [4.78, 5) is 9.14. The van der Waals surface area contributed by atoms with Gasteiger partial charge in [0.1, 0.15) is 17.5 Å². The van der Waals surface area contributed by atoms with Crippen molar-refractivity contribution in [3.05, 3.63) is 11.4 Å². The van der Waals surface area contributed by atoms with E-state index in [1.54, 1.807) is 0 Å². The van der Waals surface area contributed by atoms with Crippen molar-refractivity contribution in [1.82, 2.24) is 9.97 Å². The number of rotatable bonds is 8. The highest BCUT2D eigenvalue weighted by atomic mass is 16.3. The lowest BCUT2D eigenvalue weighted by Gasteiger charge is -2.30. The Morgan fingerprint density at radius 2 is 1.80 bits per heavy atom. The molecule has 0 bridgehead atoms. The van der Waals surface area contributed by atoms with Crippen molar-refractivity contribution < 1.29 is 5.11 Å². The van der Waals surface area contributed by atoms with Gasteiger partial charge in [-0.3, -0.25) is 0 Å². The zero-order valence-corrected chi connectivity index (χ0v) is 13.4. The Morgan fingerprint density at radius 3 is 2.30 bits per heavy atom. The van der Waals surface area contributed by atoms with Crippen molar-refractivity contribution in [2.75, 3.05) is 23.8 Å². The first-order valence-corrected chi connectivity index (χ1v) is 7.50. The molecule has 3 N–H and O–H groups in total. The first-order chi connectivity index (χ1) is 9.49. The fourth-order valence-corrected chi connectivity index (χ4v) is 2.04. The zero-order chi connectivity index (χ0) is 15.2. The van der Waals surface area contributed by atoms with Crippen LogP contribution in [0.15, 0.2) is 0 Å². The average molecular weight is 280 g/mol. The first kappa shape index (κ1) is 16.7. The molecule has 0 spiro atoms. The molecule has 1 unspecified atom stereocenters. The summed E-state index contributed by atoms with van der Waals surface area (Å²) in [6.45, 7) is 11.4. The molecule has 1 rings (SSSR count). The molecule has 1 atom stereocenters. The molecule has 1 aromatic rings. The third-order valence-electron chi connectivity index (χ3n) is 3.72. The SMILES string of the molecule is CCNc1nc(CC)nc(NC(C)(CC)CCO)c1C. The molecule has 0 amide bonds. The highest BCUT2D eigenvalue weighted by molar-refractivity contribution is 5.58. The van der Waals surface area contributed by atoms with E-state index in [2.05, 4.69) is 48.3 Å². The molecule has 1 aromatic heterocycles. The fourth-order valence-electron chi connectivity index (χ4n) is 2.04. The smallest absolute Gasteiger partial charge is 0.135 e. The Hall–Kier alpha value is -1.36. The van der Waals surface area contributed by atoms with Crippen molar-refractivity contribution in [2.45, 2.75) is 59.4 Å². The third-order valence-corrected chi connectivity index (χ3v) is 3.72. The highest BCUT2D eigenvalue weighted by Crippen LogP contribution is 2.26. The topological polar surface area (TPSA) is 70.1 Å². The van der Waals surface area contributed by atoms with Crippen LogP contribution in [0.25, 0.3) is 0 Å². The van der Waals surface area contributed by atoms with Gasteiger partial charge in [0.05, 0.1) is 0 Å². The summed E-state index contributed by atoms with van der Waals surface area (Å²) in [7, 11) is 0. The number of hydrogen-bond acceptors (Lipinski definition) is 5. The lowest BCUT2D eigenvalue weighted by Crippen LogP contribution is -2.36. The molecule has 0 saturated carbocycles. The molecule has 0 aliphatic carbocycles. The summed E-state index contributed by atoms with van der Waals surface area (Å²) in [5.74, 6) is 2.59. The van der Waals surface area contributed by atoms with Gasteiger partial charge in [0.2, 0.25) is 0 Å². The van der Waals surface area contributed by atoms with Gasteiger partial charge in [-0.15, -0.1) is 0 Å². The molecule has 0 aliphatic rings. The second kappa shape index (κ2) is 7.43. The van der Waals surface area contributed by atoms with E-state index >= 15 is 0 Å². The van der Waals surface area contributed by atoms with E-state index in [1.807, 2.05) is 6.92 Å². The van der Waals surface area contributed by atoms with Gasteiger partial charge >= 0.3 is 0 Å². The molecule has 0 aliphatic heterocycles. The van der Waals surface area contributed by atoms with Crippen molar-refractivity contribution in [3.63, 3.8) is 0 Å². The Morgan fingerprint density at radius 1 is 1.15 bits per heavy atom. The van der Waals surface area contributed by atoms with Gasteiger partial charge in [-0.1, -0.05) is 13.8 Å². The minimum absolute atomic E-state index is 0.150. The van der Waals surface area contributed by atoms with Crippen molar-refractivity contribution in [3.8, 4) is 0 Å². The van der Waals surface area contributed by atoms with Crippen LogP contribution >= 0.6 is 0 Å². The Labute approximate surface area is 122 Å². The van der Waals surface area contributed by atoms with Gasteiger partial charge < -0.3 is 15.7 Å². The lowest BCUT2D eigenvalue weighted by atomic mass is 9.94. The maximum atomic E-state index is 9.23. The second-order valence-electron chi connectivity index (χ2n) is 5.36. The van der Waals surface area contributed by atoms with Gasteiger partial charge in [-0.2, -0.15) is 0 Å². The number of aliphatic hydroxyl groups excluding tert-OH is 1. The summed E-state index contributed by atoms with van der Waals surface area (Å²) in [5.41, 5.74) is 0.879. The number of nitrogens with zero attached hydrogens (tertiary/aromatic N) is 2. The van der Waals surface area contributed by atoms with Gasteiger partial charge in [0.15, 0.2) is 0 Å². The van der Waals surface area contributed by atoms with Crippen LogP contribution in [-0.2, 0) is 6.42 Å². The van der Waals surface area contributed by atoms with Crippen LogP contribution in [0.5, 0.6) is 0 Å². The minimum atomic E-state index is -0.150. The van der Waals surface area contributed by atoms with Crippen LogP contribution in [0, 0.1) is 6.92 Å². The van der Waals surface area contributed by atoms with Crippen molar-refractivity contribution in [2.24, 2.45) is 0 Å². The van der Waals surface area contributed by atoms with E-state index in [0.717, 1.165) is 42.4 Å². The van der Waals surface area contributed by atoms with Gasteiger partial charge in [-0.05, 0) is 33.6 Å². The monoisotopic (exact) mass is 280 g/mol. The summed E-state index contributed by atoms with van der Waals surface area (Å²) in [5, 5.41) is 16.0. The molecular weight excluding hydrogens is 252 g/mol. The minimum Gasteiger partial charge on any atom is -0.396 e. The molecule has 114 valence electrons. The number of anilines is 2. The zero-order valence-electron chi connectivity index (χ0n) is 13.4. The van der Waals surface area contributed by atoms with E-state index in [4.69, 9.17) is 0 Å². The summed E-state index contributed by atoms with van der Waals surface area (Å²) >= 11 is 0. The van der Waals surface area contributed by atoms with Crippen molar-refractivity contribution >= 4 is 11.6 Å². The summed E-state index contributed by atoms with van der Waals surface area (Å²) in [6.07, 6.45) is 2.43. The Kier molecular flexibility index (Phi) is 6.20. The van der Waals surface area contributed by atoms with Crippen LogP contribution in [0.4, 0.5) is 11.6 Å². The van der Waals surface area contributed by atoms with E-state index in [0.29, 0.717) is 6.42 Å². The van der Waals surface area contributed by atoms with Crippen LogP contribution in [0.1, 0.15) is 51.9 Å². The van der Waals surface area contributed by atoms with Crippen LogP contribution in [0.3, 0.4) is 0 Å². The predicted octanol–water partition coefficient (Wildman–Crippen LogP) is 2.74. The van der Waals surface area contributed by atoms with Crippen molar-refractivity contribution in [1.29, 1.82) is 0 Å². The quantitative estimate of drug-likeness (QED) is 0.683. The number of hydrogen-bond donors (Lipinski definition) is 3. The molecular formula is C15H28N4O. The van der Waals surface area contributed by atoms with Crippen LogP contribution < -0.4 is 10.6 Å². The molecule has 0 aromatic carbocycles. The van der Waals surface area contributed by atoms with Crippen LogP contribution in [0.2, 0.25) is 0 Å². The molecule has 20 heavy (non-hydrogen) atoms. The van der Waals surface area contributed by atoms with E-state index in [9.17, 15) is 5.11 Å². The standard InChI is InChI=1S/C15H28N4O/c1-6-12-17-13(16-8-3)11(4)14(18-12)19-15(5,7-2)9-10-20/h20H,6-10H2,1-5H3,(H2,16,17,18,19). The van der Waals surface area contributed by atoms with Gasteiger partial charge in [0.25, 0.3) is 0 Å². The maximum Gasteiger partial charge on any atom is 0.135 e. The Balaban J connectivity index is 3.12. The number of aromatic nitrogens is 2. The molecule has 0 radical (unpaired) electrons. The average Bonchev–Trinajstić information content (AvgIpc) is 2.43. The van der Waals surface area contributed by atoms with Gasteiger partial charge in [-0.25, -0.2) is 9.97 Å². The normalized spacial score (nSPS) is 13.9. The van der Waals surface area contributed by atoms with Crippen LogP contribution in [-0.4, -0.2) is 33.8 Å². The molecule has 0 fully saturated rings. The number of aryl methyl sites for hydroxylation is 1.